The van der Waals surface area contributed by atoms with Gasteiger partial charge in [0.15, 0.2) is 0 Å². The van der Waals surface area contributed by atoms with Gasteiger partial charge in [-0.3, -0.25) is 4.90 Å². The minimum absolute atomic E-state index is 0.0336. The normalized spacial score (nSPS) is 17.4. The predicted octanol–water partition coefficient (Wildman–Crippen LogP) is 5.51. The number of hydrogen-bond donors (Lipinski definition) is 2. The molecule has 166 valence electrons. The second kappa shape index (κ2) is 8.46. The van der Waals surface area contributed by atoms with E-state index < -0.39 is 6.61 Å². The molecule has 0 aromatic heterocycles. The third-order valence-electron chi connectivity index (χ3n) is 6.33. The maximum atomic E-state index is 13.5. The second-order valence-electron chi connectivity index (χ2n) is 9.06. The SMILES string of the molecule is Cc1ccc(NC(=O)N(c2ccccc2C(C)C)C2CC3(CNC3)C2)c(OC(F)F)c1. The molecule has 1 spiro atoms. The number of benzene rings is 2. The fraction of sp³-hybridized carbons (Fsp3) is 0.458. The lowest BCUT2D eigenvalue weighted by molar-refractivity contribution is -0.0493. The first-order valence-corrected chi connectivity index (χ1v) is 10.7. The molecule has 1 aliphatic carbocycles. The summed E-state index contributed by atoms with van der Waals surface area (Å²) in [6.07, 6.45) is 1.85. The highest BCUT2D eigenvalue weighted by atomic mass is 19.3. The second-order valence-corrected chi connectivity index (χ2v) is 9.06. The fourth-order valence-electron chi connectivity index (χ4n) is 4.66. The third kappa shape index (κ3) is 4.37. The number of aryl methyl sites for hydroxylation is 1. The Bertz CT molecular complexity index is 952. The van der Waals surface area contributed by atoms with Gasteiger partial charge in [0.2, 0.25) is 0 Å². The maximum absolute atomic E-state index is 13.5. The molecule has 2 aromatic rings. The summed E-state index contributed by atoms with van der Waals surface area (Å²) in [7, 11) is 0. The first kappa shape index (κ1) is 21.6. The molecule has 0 atom stereocenters. The van der Waals surface area contributed by atoms with Crippen LogP contribution < -0.4 is 20.3 Å². The number of para-hydroxylation sites is 1. The molecule has 2 aliphatic rings. The van der Waals surface area contributed by atoms with Gasteiger partial charge in [0, 0.05) is 24.8 Å². The van der Waals surface area contributed by atoms with Crippen molar-refractivity contribution in [2.24, 2.45) is 5.41 Å². The Morgan fingerprint density at radius 1 is 1.19 bits per heavy atom. The summed E-state index contributed by atoms with van der Waals surface area (Å²) in [5, 5.41) is 6.16. The zero-order valence-electron chi connectivity index (χ0n) is 18.1. The van der Waals surface area contributed by atoms with Gasteiger partial charge in [0.25, 0.3) is 0 Å². The van der Waals surface area contributed by atoms with Gasteiger partial charge in [-0.2, -0.15) is 8.78 Å². The topological polar surface area (TPSA) is 53.6 Å². The van der Waals surface area contributed by atoms with Crippen LogP contribution in [0.4, 0.5) is 25.0 Å². The van der Waals surface area contributed by atoms with Crippen molar-refractivity contribution in [1.82, 2.24) is 5.32 Å². The van der Waals surface area contributed by atoms with Crippen LogP contribution in [0.25, 0.3) is 0 Å². The summed E-state index contributed by atoms with van der Waals surface area (Å²) in [6, 6.07) is 12.5. The first-order valence-electron chi connectivity index (χ1n) is 10.7. The Balaban J connectivity index is 1.64. The number of carbonyl (C=O) groups excluding carboxylic acids is 1. The number of rotatable bonds is 6. The Morgan fingerprint density at radius 2 is 1.90 bits per heavy atom. The number of amides is 2. The molecule has 2 aromatic carbocycles. The minimum atomic E-state index is -2.96. The summed E-state index contributed by atoms with van der Waals surface area (Å²) in [6.45, 7) is 4.98. The van der Waals surface area contributed by atoms with Crippen molar-refractivity contribution in [3.05, 3.63) is 53.6 Å². The largest absolute Gasteiger partial charge is 0.433 e. The van der Waals surface area contributed by atoms with Gasteiger partial charge in [-0.15, -0.1) is 0 Å². The Morgan fingerprint density at radius 3 is 2.52 bits per heavy atom. The van der Waals surface area contributed by atoms with Crippen LogP contribution in [0, 0.1) is 12.3 Å². The predicted molar refractivity (Wildman–Crippen MR) is 118 cm³/mol. The van der Waals surface area contributed by atoms with Crippen LogP contribution in [0.1, 0.15) is 43.7 Å². The molecule has 2 N–H and O–H groups in total. The number of halogens is 2. The van der Waals surface area contributed by atoms with Gasteiger partial charge in [-0.1, -0.05) is 38.1 Å². The van der Waals surface area contributed by atoms with E-state index in [4.69, 9.17) is 0 Å². The van der Waals surface area contributed by atoms with E-state index in [2.05, 4.69) is 29.2 Å². The number of nitrogens with zero attached hydrogens (tertiary/aromatic N) is 1. The Labute approximate surface area is 181 Å². The van der Waals surface area contributed by atoms with Gasteiger partial charge in [-0.05, 0) is 60.4 Å². The van der Waals surface area contributed by atoms with E-state index in [1.54, 1.807) is 19.1 Å². The Hall–Kier alpha value is -2.67. The molecule has 4 rings (SSSR count). The molecule has 0 unspecified atom stereocenters. The molecule has 1 saturated carbocycles. The Kier molecular flexibility index (Phi) is 5.88. The van der Waals surface area contributed by atoms with Crippen LogP contribution in [-0.2, 0) is 0 Å². The van der Waals surface area contributed by atoms with Crippen LogP contribution in [0.15, 0.2) is 42.5 Å². The fourth-order valence-corrected chi connectivity index (χ4v) is 4.66. The molecular weight excluding hydrogens is 400 g/mol. The maximum Gasteiger partial charge on any atom is 0.387 e. The number of nitrogens with one attached hydrogen (secondary N) is 2. The minimum Gasteiger partial charge on any atom is -0.433 e. The smallest absolute Gasteiger partial charge is 0.387 e. The van der Waals surface area contributed by atoms with Crippen molar-refractivity contribution in [2.45, 2.75) is 52.2 Å². The highest BCUT2D eigenvalue weighted by molar-refractivity contribution is 6.03. The average molecular weight is 430 g/mol. The number of carbonyl (C=O) groups is 1. The highest BCUT2D eigenvalue weighted by Gasteiger charge is 2.51. The summed E-state index contributed by atoms with van der Waals surface area (Å²) >= 11 is 0. The zero-order chi connectivity index (χ0) is 22.2. The van der Waals surface area contributed by atoms with Crippen LogP contribution in [-0.4, -0.2) is 31.8 Å². The van der Waals surface area contributed by atoms with Crippen molar-refractivity contribution in [1.29, 1.82) is 0 Å². The van der Waals surface area contributed by atoms with Crippen molar-refractivity contribution >= 4 is 17.4 Å². The van der Waals surface area contributed by atoms with Crippen molar-refractivity contribution < 1.29 is 18.3 Å². The molecule has 7 heteroatoms. The van der Waals surface area contributed by atoms with Gasteiger partial charge >= 0.3 is 12.6 Å². The average Bonchev–Trinajstić information content (AvgIpc) is 2.64. The van der Waals surface area contributed by atoms with E-state index in [9.17, 15) is 13.6 Å². The van der Waals surface area contributed by atoms with Crippen LogP contribution in [0.2, 0.25) is 0 Å². The van der Waals surface area contributed by atoms with Crippen molar-refractivity contribution in [3.63, 3.8) is 0 Å². The van der Waals surface area contributed by atoms with Crippen LogP contribution in [0.5, 0.6) is 5.75 Å². The molecule has 1 heterocycles. The molecular formula is C24H29F2N3O2. The lowest BCUT2D eigenvalue weighted by atomic mass is 9.61. The number of hydrogen-bond acceptors (Lipinski definition) is 3. The lowest BCUT2D eigenvalue weighted by Gasteiger charge is -2.57. The molecule has 5 nitrogen and oxygen atoms in total. The first-order chi connectivity index (χ1) is 14.8. The van der Waals surface area contributed by atoms with E-state index in [1.807, 2.05) is 29.2 Å². The molecule has 1 saturated heterocycles. The molecule has 2 amide bonds. The monoisotopic (exact) mass is 429 g/mol. The van der Waals surface area contributed by atoms with Crippen LogP contribution >= 0.6 is 0 Å². The zero-order valence-corrected chi connectivity index (χ0v) is 18.1. The van der Waals surface area contributed by atoms with E-state index in [0.717, 1.165) is 42.7 Å². The highest BCUT2D eigenvalue weighted by Crippen LogP contribution is 2.48. The summed E-state index contributed by atoms with van der Waals surface area (Å²) in [4.78, 5) is 15.3. The van der Waals surface area contributed by atoms with Gasteiger partial charge in [0.05, 0.1) is 5.69 Å². The summed E-state index contributed by atoms with van der Waals surface area (Å²) in [5.41, 5.74) is 3.24. The van der Waals surface area contributed by atoms with Gasteiger partial charge in [0.1, 0.15) is 5.75 Å². The number of anilines is 2. The van der Waals surface area contributed by atoms with E-state index in [0.29, 0.717) is 0 Å². The number of urea groups is 1. The number of ether oxygens (including phenoxy) is 1. The van der Waals surface area contributed by atoms with E-state index in [-0.39, 0.29) is 34.8 Å². The van der Waals surface area contributed by atoms with Crippen molar-refractivity contribution in [2.75, 3.05) is 23.3 Å². The standard InChI is InChI=1S/C24H29F2N3O2/c1-15(2)18-6-4-5-7-20(18)29(17-11-24(12-17)13-27-14-24)23(30)28-19-9-8-16(3)10-21(19)31-22(25)26/h4-10,15,17,22,27H,11-14H2,1-3H3,(H,28,30). The van der Waals surface area contributed by atoms with Gasteiger partial charge in [-0.25, -0.2) is 4.79 Å². The molecule has 0 radical (unpaired) electrons. The summed E-state index contributed by atoms with van der Waals surface area (Å²) < 4.78 is 30.5. The molecule has 31 heavy (non-hydrogen) atoms. The third-order valence-corrected chi connectivity index (χ3v) is 6.33. The lowest BCUT2D eigenvalue weighted by Crippen LogP contribution is -2.66. The van der Waals surface area contributed by atoms with Gasteiger partial charge < -0.3 is 15.4 Å². The van der Waals surface area contributed by atoms with E-state index >= 15 is 0 Å². The molecule has 2 fully saturated rings. The number of alkyl halides is 2. The van der Waals surface area contributed by atoms with Crippen LogP contribution in [0.3, 0.4) is 0 Å². The van der Waals surface area contributed by atoms with E-state index in [1.165, 1.54) is 6.07 Å². The summed E-state index contributed by atoms with van der Waals surface area (Å²) in [5.74, 6) is 0.205. The molecule has 1 aliphatic heterocycles. The molecule has 0 bridgehead atoms. The van der Waals surface area contributed by atoms with Crippen molar-refractivity contribution in [3.8, 4) is 5.75 Å². The quantitative estimate of drug-likeness (QED) is 0.637.